The van der Waals surface area contributed by atoms with Crippen LogP contribution in [0.1, 0.15) is 45.1 Å². The van der Waals surface area contributed by atoms with Crippen LogP contribution in [0.15, 0.2) is 29.2 Å². The first kappa shape index (κ1) is 18.1. The maximum atomic E-state index is 12.1. The van der Waals surface area contributed by atoms with E-state index in [9.17, 15) is 13.5 Å². The van der Waals surface area contributed by atoms with Crippen LogP contribution >= 0.6 is 0 Å². The van der Waals surface area contributed by atoms with Gasteiger partial charge in [0.2, 0.25) is 0 Å². The predicted octanol–water partition coefficient (Wildman–Crippen LogP) is 2.32. The van der Waals surface area contributed by atoms with Crippen LogP contribution in [0.25, 0.3) is 0 Å². The van der Waals surface area contributed by atoms with E-state index >= 15 is 0 Å². The number of aliphatic hydroxyl groups is 1. The minimum Gasteiger partial charge on any atom is -0.396 e. The maximum absolute atomic E-state index is 12.1. The highest BCUT2D eigenvalue weighted by Gasteiger charge is 2.20. The van der Waals surface area contributed by atoms with Crippen molar-refractivity contribution in [3.63, 3.8) is 0 Å². The highest BCUT2D eigenvalue weighted by atomic mass is 32.2. The van der Waals surface area contributed by atoms with Crippen LogP contribution in [0, 0.1) is 5.92 Å². The Bertz CT molecular complexity index is 519. The molecule has 5 heteroatoms. The van der Waals surface area contributed by atoms with Crippen LogP contribution in [0.5, 0.6) is 0 Å². The lowest BCUT2D eigenvalue weighted by atomic mass is 9.87. The van der Waals surface area contributed by atoms with Gasteiger partial charge in [0.1, 0.15) is 0 Å². The number of nitrogens with two attached hydrogens (primary N) is 1. The number of hydrogen-bond acceptors (Lipinski definition) is 4. The molecule has 21 heavy (non-hydrogen) atoms. The van der Waals surface area contributed by atoms with E-state index < -0.39 is 15.1 Å². The molecule has 0 amide bonds. The van der Waals surface area contributed by atoms with E-state index in [1.54, 1.807) is 26.0 Å². The summed E-state index contributed by atoms with van der Waals surface area (Å²) in [6.45, 7) is 6.02. The second kappa shape index (κ2) is 7.92. The molecular weight excluding hydrogens is 286 g/mol. The summed E-state index contributed by atoms with van der Waals surface area (Å²) in [7, 11) is -3.22. The van der Waals surface area contributed by atoms with Gasteiger partial charge in [-0.25, -0.2) is 8.42 Å². The molecule has 0 aliphatic heterocycles. The fraction of sp³-hybridized carbons (Fsp3) is 0.625. The molecule has 2 atom stereocenters. The number of sulfone groups is 1. The molecule has 0 aromatic heterocycles. The first-order valence-electron chi connectivity index (χ1n) is 7.51. The molecule has 0 radical (unpaired) electrons. The normalized spacial score (nSPS) is 15.1. The molecule has 0 saturated heterocycles. The highest BCUT2D eigenvalue weighted by molar-refractivity contribution is 7.92. The smallest absolute Gasteiger partial charge is 0.180 e. The van der Waals surface area contributed by atoms with Gasteiger partial charge < -0.3 is 10.8 Å². The van der Waals surface area contributed by atoms with Crippen molar-refractivity contribution >= 4 is 9.84 Å². The lowest BCUT2D eigenvalue weighted by Crippen LogP contribution is -2.20. The summed E-state index contributed by atoms with van der Waals surface area (Å²) in [5, 5.41) is 8.85. The van der Waals surface area contributed by atoms with E-state index in [2.05, 4.69) is 6.92 Å². The number of hydrogen-bond donors (Lipinski definition) is 2. The Labute approximate surface area is 128 Å². The summed E-state index contributed by atoms with van der Waals surface area (Å²) in [4.78, 5) is 0.369. The van der Waals surface area contributed by atoms with E-state index in [-0.39, 0.29) is 12.5 Å². The molecule has 1 aromatic carbocycles. The molecule has 0 aliphatic carbocycles. The zero-order valence-corrected chi connectivity index (χ0v) is 13.9. The summed E-state index contributed by atoms with van der Waals surface area (Å²) in [5.41, 5.74) is 6.74. The van der Waals surface area contributed by atoms with Crippen molar-refractivity contribution in [3.8, 4) is 0 Å². The Hall–Kier alpha value is -0.910. The van der Waals surface area contributed by atoms with Gasteiger partial charge in [-0.3, -0.25) is 0 Å². The summed E-state index contributed by atoms with van der Waals surface area (Å²) in [6.07, 6.45) is 1.76. The first-order valence-corrected chi connectivity index (χ1v) is 9.06. The fourth-order valence-corrected chi connectivity index (χ4v) is 3.45. The van der Waals surface area contributed by atoms with Crippen LogP contribution in [-0.2, 0) is 9.84 Å². The molecule has 0 aliphatic rings. The van der Waals surface area contributed by atoms with Crippen LogP contribution in [0.4, 0.5) is 0 Å². The topological polar surface area (TPSA) is 80.4 Å². The van der Waals surface area contributed by atoms with Crippen molar-refractivity contribution in [2.45, 2.75) is 49.7 Å². The van der Waals surface area contributed by atoms with Crippen LogP contribution in [-0.4, -0.2) is 31.9 Å². The van der Waals surface area contributed by atoms with Gasteiger partial charge in [-0.2, -0.15) is 0 Å². The van der Waals surface area contributed by atoms with Crippen molar-refractivity contribution in [3.05, 3.63) is 29.8 Å². The molecule has 120 valence electrons. The van der Waals surface area contributed by atoms with E-state index in [0.29, 0.717) is 17.4 Å². The number of rotatable bonds is 8. The molecule has 0 heterocycles. The molecule has 0 bridgehead atoms. The van der Waals surface area contributed by atoms with Gasteiger partial charge in [0, 0.05) is 6.61 Å². The highest BCUT2D eigenvalue weighted by Crippen LogP contribution is 2.28. The average molecular weight is 313 g/mol. The summed E-state index contributed by atoms with van der Waals surface area (Å²) >= 11 is 0. The minimum atomic E-state index is -3.22. The number of aliphatic hydroxyl groups excluding tert-OH is 1. The quantitative estimate of drug-likeness (QED) is 0.772. The van der Waals surface area contributed by atoms with Crippen molar-refractivity contribution in [2.75, 3.05) is 13.2 Å². The molecule has 0 saturated carbocycles. The third-order valence-electron chi connectivity index (χ3n) is 4.00. The summed E-state index contributed by atoms with van der Waals surface area (Å²) < 4.78 is 24.2. The van der Waals surface area contributed by atoms with Gasteiger partial charge in [-0.15, -0.1) is 0 Å². The molecule has 1 aromatic rings. The maximum Gasteiger partial charge on any atom is 0.180 e. The number of benzene rings is 1. The van der Waals surface area contributed by atoms with Gasteiger partial charge in [0.15, 0.2) is 9.84 Å². The van der Waals surface area contributed by atoms with Crippen molar-refractivity contribution < 1.29 is 13.5 Å². The zero-order chi connectivity index (χ0) is 16.0. The van der Waals surface area contributed by atoms with Gasteiger partial charge >= 0.3 is 0 Å². The van der Waals surface area contributed by atoms with E-state index in [4.69, 9.17) is 5.73 Å². The summed E-state index contributed by atoms with van der Waals surface area (Å²) in [5.74, 6) is 0.385. The largest absolute Gasteiger partial charge is 0.396 e. The van der Waals surface area contributed by atoms with E-state index in [0.717, 1.165) is 18.4 Å². The van der Waals surface area contributed by atoms with Gasteiger partial charge in [0.05, 0.1) is 10.1 Å². The predicted molar refractivity (Wildman–Crippen MR) is 86.0 cm³/mol. The Kier molecular flexibility index (Phi) is 6.84. The summed E-state index contributed by atoms with van der Waals surface area (Å²) in [6, 6.07) is 7.14. The molecule has 0 spiro atoms. The Balaban J connectivity index is 2.95. The van der Waals surface area contributed by atoms with E-state index in [1.807, 2.05) is 12.1 Å². The molecule has 1 rings (SSSR count). The lowest BCUT2D eigenvalue weighted by molar-refractivity contribution is 0.214. The van der Waals surface area contributed by atoms with Gasteiger partial charge in [0.25, 0.3) is 0 Å². The van der Waals surface area contributed by atoms with Crippen LogP contribution in [0.2, 0.25) is 0 Å². The lowest BCUT2D eigenvalue weighted by Gasteiger charge is -2.21. The SMILES string of the molecule is CCC(CC(CN)CO)c1ccc(S(=O)(=O)C(C)C)cc1. The molecule has 4 nitrogen and oxygen atoms in total. The second-order valence-electron chi connectivity index (χ2n) is 5.79. The van der Waals surface area contributed by atoms with Crippen molar-refractivity contribution in [1.82, 2.24) is 0 Å². The van der Waals surface area contributed by atoms with Crippen molar-refractivity contribution in [2.24, 2.45) is 11.7 Å². The monoisotopic (exact) mass is 313 g/mol. The zero-order valence-electron chi connectivity index (χ0n) is 13.1. The van der Waals surface area contributed by atoms with Crippen LogP contribution in [0.3, 0.4) is 0 Å². The molecule has 2 unspecified atom stereocenters. The fourth-order valence-electron chi connectivity index (χ4n) is 2.39. The van der Waals surface area contributed by atoms with Crippen molar-refractivity contribution in [1.29, 1.82) is 0 Å². The van der Waals surface area contributed by atoms with Gasteiger partial charge in [-0.1, -0.05) is 19.1 Å². The van der Waals surface area contributed by atoms with Gasteiger partial charge in [-0.05, 0) is 62.8 Å². The Morgan fingerprint density at radius 1 is 1.19 bits per heavy atom. The Morgan fingerprint density at radius 2 is 1.76 bits per heavy atom. The standard InChI is InChI=1S/C16H27NO3S/c1-4-14(9-13(10-17)11-18)15-5-7-16(8-6-15)21(19,20)12(2)3/h5-8,12-14,18H,4,9-11,17H2,1-3H3. The third-order valence-corrected chi connectivity index (χ3v) is 6.17. The average Bonchev–Trinajstić information content (AvgIpc) is 2.48. The molecule has 0 fully saturated rings. The Morgan fingerprint density at radius 3 is 2.14 bits per heavy atom. The molecular formula is C16H27NO3S. The first-order chi connectivity index (χ1) is 9.86. The van der Waals surface area contributed by atoms with Crippen LogP contribution < -0.4 is 5.73 Å². The minimum absolute atomic E-state index is 0.0901. The third kappa shape index (κ3) is 4.53. The second-order valence-corrected chi connectivity index (χ2v) is 8.29. The molecule has 3 N–H and O–H groups in total. The van der Waals surface area contributed by atoms with E-state index in [1.165, 1.54) is 0 Å².